The lowest BCUT2D eigenvalue weighted by molar-refractivity contribution is -0.173. The van der Waals surface area contributed by atoms with E-state index in [-0.39, 0.29) is 18.4 Å². The minimum atomic E-state index is -4.85. The zero-order chi connectivity index (χ0) is 17.0. The lowest BCUT2D eigenvalue weighted by atomic mass is 9.96. The molecule has 1 heterocycles. The van der Waals surface area contributed by atoms with Gasteiger partial charge in [0.05, 0.1) is 5.56 Å². The van der Waals surface area contributed by atoms with Crippen LogP contribution in [0.3, 0.4) is 0 Å². The number of likely N-dealkylation sites (tertiary alicyclic amines) is 1. The van der Waals surface area contributed by atoms with Crippen molar-refractivity contribution in [3.63, 3.8) is 0 Å². The Morgan fingerprint density at radius 1 is 1.22 bits per heavy atom. The van der Waals surface area contributed by atoms with Crippen LogP contribution >= 0.6 is 15.9 Å². The summed E-state index contributed by atoms with van der Waals surface area (Å²) in [6.45, 7) is 0.912. The predicted molar refractivity (Wildman–Crippen MR) is 81.8 cm³/mol. The third-order valence-electron chi connectivity index (χ3n) is 3.81. The molecule has 8 heteroatoms. The van der Waals surface area contributed by atoms with Crippen LogP contribution in [0.4, 0.5) is 13.2 Å². The molecule has 1 aliphatic rings. The largest absolute Gasteiger partial charge is 0.471 e. The standard InChI is InChI=1S/C15H16BrF3N2O2/c16-12-4-2-1-3-11(12)13(22)21-7-5-10(6-8-21)9-20-14(23)15(17,18)19/h1-4,10H,5-9H2,(H,20,23). The number of nitrogens with one attached hydrogen (secondary N) is 1. The first kappa shape index (κ1) is 17.8. The van der Waals surface area contributed by atoms with E-state index in [0.717, 1.165) is 0 Å². The highest BCUT2D eigenvalue weighted by atomic mass is 79.9. The molecule has 1 aliphatic heterocycles. The van der Waals surface area contributed by atoms with Gasteiger partial charge in [-0.1, -0.05) is 12.1 Å². The molecule has 2 amide bonds. The van der Waals surface area contributed by atoms with Crippen molar-refractivity contribution in [2.45, 2.75) is 19.0 Å². The van der Waals surface area contributed by atoms with Crippen LogP contribution < -0.4 is 5.32 Å². The van der Waals surface area contributed by atoms with Gasteiger partial charge in [0, 0.05) is 24.1 Å². The van der Waals surface area contributed by atoms with Gasteiger partial charge in [-0.05, 0) is 46.8 Å². The summed E-state index contributed by atoms with van der Waals surface area (Å²) < 4.78 is 37.1. The Kier molecular flexibility index (Phi) is 5.67. The Balaban J connectivity index is 1.83. The first-order valence-electron chi connectivity index (χ1n) is 7.18. The summed E-state index contributed by atoms with van der Waals surface area (Å²) in [4.78, 5) is 24.9. The van der Waals surface area contributed by atoms with Gasteiger partial charge in [-0.15, -0.1) is 0 Å². The van der Waals surface area contributed by atoms with Crippen molar-refractivity contribution in [1.29, 1.82) is 0 Å². The molecule has 0 atom stereocenters. The van der Waals surface area contributed by atoms with Crippen molar-refractivity contribution in [1.82, 2.24) is 10.2 Å². The summed E-state index contributed by atoms with van der Waals surface area (Å²) in [6, 6.07) is 7.10. The van der Waals surface area contributed by atoms with Crippen LogP contribution in [0.2, 0.25) is 0 Å². The van der Waals surface area contributed by atoms with Crippen LogP contribution in [-0.2, 0) is 4.79 Å². The second-order valence-corrected chi connectivity index (χ2v) is 6.28. The molecule has 2 rings (SSSR count). The van der Waals surface area contributed by atoms with Crippen LogP contribution in [0.25, 0.3) is 0 Å². The highest BCUT2D eigenvalue weighted by Gasteiger charge is 2.38. The smallest absolute Gasteiger partial charge is 0.348 e. The summed E-state index contributed by atoms with van der Waals surface area (Å²) >= 11 is 3.33. The molecule has 0 spiro atoms. The van der Waals surface area contributed by atoms with Crippen LogP contribution in [0.15, 0.2) is 28.7 Å². The quantitative estimate of drug-likeness (QED) is 0.859. The molecule has 0 aromatic heterocycles. The van der Waals surface area contributed by atoms with Gasteiger partial charge in [-0.2, -0.15) is 13.2 Å². The number of nitrogens with zero attached hydrogens (tertiary/aromatic N) is 1. The summed E-state index contributed by atoms with van der Waals surface area (Å²) in [7, 11) is 0. The summed E-state index contributed by atoms with van der Waals surface area (Å²) in [5.74, 6) is -2.07. The van der Waals surface area contributed by atoms with E-state index < -0.39 is 12.1 Å². The van der Waals surface area contributed by atoms with E-state index in [1.165, 1.54) is 0 Å². The molecule has 1 N–H and O–H groups in total. The molecule has 0 aliphatic carbocycles. The van der Waals surface area contributed by atoms with E-state index >= 15 is 0 Å². The zero-order valence-electron chi connectivity index (χ0n) is 12.2. The minimum Gasteiger partial charge on any atom is -0.348 e. The Hall–Kier alpha value is -1.57. The molecule has 1 aromatic rings. The van der Waals surface area contributed by atoms with Gasteiger partial charge in [0.1, 0.15) is 0 Å². The minimum absolute atomic E-state index is 0.0184. The van der Waals surface area contributed by atoms with E-state index in [1.807, 2.05) is 11.4 Å². The molecule has 126 valence electrons. The maximum absolute atomic E-state index is 12.4. The van der Waals surface area contributed by atoms with Gasteiger partial charge in [0.2, 0.25) is 0 Å². The molecule has 1 saturated heterocycles. The average Bonchev–Trinajstić information content (AvgIpc) is 2.52. The normalized spacial score (nSPS) is 16.3. The van der Waals surface area contributed by atoms with Crippen LogP contribution in [-0.4, -0.2) is 42.5 Å². The summed E-state index contributed by atoms with van der Waals surface area (Å²) in [6.07, 6.45) is -3.72. The van der Waals surface area contributed by atoms with Crippen molar-refractivity contribution >= 4 is 27.7 Å². The molecule has 0 unspecified atom stereocenters. The topological polar surface area (TPSA) is 49.4 Å². The molecular weight excluding hydrogens is 377 g/mol. The van der Waals surface area contributed by atoms with Crippen LogP contribution in [0, 0.1) is 5.92 Å². The number of piperidine rings is 1. The molecular formula is C15H16BrF3N2O2. The van der Waals surface area contributed by atoms with E-state index in [2.05, 4.69) is 15.9 Å². The van der Waals surface area contributed by atoms with Crippen molar-refractivity contribution in [2.24, 2.45) is 5.92 Å². The Labute approximate surface area is 140 Å². The molecule has 0 saturated carbocycles. The van der Waals surface area contributed by atoms with Crippen molar-refractivity contribution in [2.75, 3.05) is 19.6 Å². The fourth-order valence-corrected chi connectivity index (χ4v) is 2.94. The Morgan fingerprint density at radius 3 is 2.39 bits per heavy atom. The third-order valence-corrected chi connectivity index (χ3v) is 4.51. The van der Waals surface area contributed by atoms with Crippen LogP contribution in [0.5, 0.6) is 0 Å². The highest BCUT2D eigenvalue weighted by Crippen LogP contribution is 2.23. The fraction of sp³-hybridized carbons (Fsp3) is 0.467. The van der Waals surface area contributed by atoms with Gasteiger partial charge in [-0.25, -0.2) is 0 Å². The number of carbonyl (C=O) groups is 2. The first-order valence-corrected chi connectivity index (χ1v) is 7.97. The second kappa shape index (κ2) is 7.33. The monoisotopic (exact) mass is 392 g/mol. The predicted octanol–water partition coefficient (Wildman–Crippen LogP) is 2.98. The number of alkyl halides is 3. The lowest BCUT2D eigenvalue weighted by Gasteiger charge is -2.32. The lowest BCUT2D eigenvalue weighted by Crippen LogP contribution is -2.44. The fourth-order valence-electron chi connectivity index (χ4n) is 2.48. The molecule has 1 aromatic carbocycles. The zero-order valence-corrected chi connectivity index (χ0v) is 13.8. The first-order chi connectivity index (χ1) is 10.8. The summed E-state index contributed by atoms with van der Waals surface area (Å²) in [5, 5.41) is 1.90. The average molecular weight is 393 g/mol. The van der Waals surface area contributed by atoms with Gasteiger partial charge in [-0.3, -0.25) is 9.59 Å². The van der Waals surface area contributed by atoms with E-state index in [9.17, 15) is 22.8 Å². The number of hydrogen-bond donors (Lipinski definition) is 1. The van der Waals surface area contributed by atoms with E-state index in [4.69, 9.17) is 0 Å². The van der Waals surface area contributed by atoms with Gasteiger partial charge >= 0.3 is 12.1 Å². The number of amides is 2. The van der Waals surface area contributed by atoms with Crippen LogP contribution in [0.1, 0.15) is 23.2 Å². The van der Waals surface area contributed by atoms with E-state index in [1.54, 1.807) is 23.1 Å². The third kappa shape index (κ3) is 4.70. The Morgan fingerprint density at radius 2 is 1.83 bits per heavy atom. The highest BCUT2D eigenvalue weighted by molar-refractivity contribution is 9.10. The SMILES string of the molecule is O=C(c1ccccc1Br)N1CCC(CNC(=O)C(F)(F)F)CC1. The van der Waals surface area contributed by atoms with Gasteiger partial charge in [0.15, 0.2) is 0 Å². The number of halogens is 4. The van der Waals surface area contributed by atoms with Gasteiger partial charge < -0.3 is 10.2 Å². The molecule has 0 bridgehead atoms. The number of benzene rings is 1. The molecule has 23 heavy (non-hydrogen) atoms. The number of carbonyl (C=O) groups excluding carboxylic acids is 2. The summed E-state index contributed by atoms with van der Waals surface area (Å²) in [5.41, 5.74) is 0.566. The second-order valence-electron chi connectivity index (χ2n) is 5.42. The van der Waals surface area contributed by atoms with Gasteiger partial charge in [0.25, 0.3) is 5.91 Å². The maximum Gasteiger partial charge on any atom is 0.471 e. The van der Waals surface area contributed by atoms with E-state index in [0.29, 0.717) is 36.0 Å². The maximum atomic E-state index is 12.4. The number of hydrogen-bond acceptors (Lipinski definition) is 2. The Bertz CT molecular complexity index is 584. The molecule has 1 fully saturated rings. The number of rotatable bonds is 3. The van der Waals surface area contributed by atoms with Crippen molar-refractivity contribution in [3.05, 3.63) is 34.3 Å². The molecule has 4 nitrogen and oxygen atoms in total. The molecule has 0 radical (unpaired) electrons. The van der Waals surface area contributed by atoms with Crippen molar-refractivity contribution in [3.8, 4) is 0 Å². The van der Waals surface area contributed by atoms with Crippen molar-refractivity contribution < 1.29 is 22.8 Å².